The molecule has 3 heteroatoms. The molecule has 0 amide bonds. The first-order valence-electron chi connectivity index (χ1n) is 4.73. The highest BCUT2D eigenvalue weighted by atomic mass is 32.2. The average Bonchev–Trinajstić information content (AvgIpc) is 2.80. The Morgan fingerprint density at radius 2 is 1.93 bits per heavy atom. The minimum Gasteiger partial charge on any atom is -0.468 e. The zero-order valence-corrected chi connectivity index (χ0v) is 9.04. The van der Waals surface area contributed by atoms with Gasteiger partial charge in [0.1, 0.15) is 5.76 Å². The van der Waals surface area contributed by atoms with Crippen molar-refractivity contribution in [2.24, 2.45) is 0 Å². The van der Waals surface area contributed by atoms with Crippen molar-refractivity contribution >= 4 is 11.8 Å². The molecule has 2 aromatic rings. The van der Waals surface area contributed by atoms with Gasteiger partial charge in [-0.25, -0.2) is 0 Å². The van der Waals surface area contributed by atoms with Crippen LogP contribution in [-0.2, 0) is 12.4 Å². The maximum atomic E-state index is 8.89. The summed E-state index contributed by atoms with van der Waals surface area (Å²) >= 11 is 1.72. The van der Waals surface area contributed by atoms with Gasteiger partial charge in [0, 0.05) is 4.90 Å². The molecule has 2 nitrogen and oxygen atoms in total. The molecule has 0 atom stereocenters. The fraction of sp³-hybridized carbons (Fsp3) is 0.167. The highest BCUT2D eigenvalue weighted by molar-refractivity contribution is 7.98. The summed E-state index contributed by atoms with van der Waals surface area (Å²) in [6.45, 7) is 0.100. The molecule has 78 valence electrons. The number of hydrogen-bond acceptors (Lipinski definition) is 3. The SMILES string of the molecule is OCc1ccc(SCc2ccco2)cc1. The van der Waals surface area contributed by atoms with Crippen molar-refractivity contribution in [2.75, 3.05) is 0 Å². The third-order valence-corrected chi connectivity index (χ3v) is 3.10. The molecular formula is C12H12O2S. The number of hydrogen-bond donors (Lipinski definition) is 1. The molecule has 0 radical (unpaired) electrons. The van der Waals surface area contributed by atoms with Gasteiger partial charge in [-0.15, -0.1) is 11.8 Å². The molecule has 0 aliphatic rings. The first-order chi connectivity index (χ1) is 7.38. The third-order valence-electron chi connectivity index (χ3n) is 2.07. The normalized spacial score (nSPS) is 10.5. The van der Waals surface area contributed by atoms with Crippen molar-refractivity contribution in [3.63, 3.8) is 0 Å². The fourth-order valence-corrected chi connectivity index (χ4v) is 2.04. The van der Waals surface area contributed by atoms with Gasteiger partial charge in [-0.05, 0) is 29.8 Å². The molecule has 0 bridgehead atoms. The molecule has 0 aliphatic heterocycles. The lowest BCUT2D eigenvalue weighted by Crippen LogP contribution is -1.82. The molecule has 0 saturated carbocycles. The van der Waals surface area contributed by atoms with Gasteiger partial charge >= 0.3 is 0 Å². The largest absolute Gasteiger partial charge is 0.468 e. The highest BCUT2D eigenvalue weighted by Crippen LogP contribution is 2.23. The lowest BCUT2D eigenvalue weighted by Gasteiger charge is -2.00. The summed E-state index contributed by atoms with van der Waals surface area (Å²) in [6, 6.07) is 11.8. The number of furan rings is 1. The summed E-state index contributed by atoms with van der Waals surface area (Å²) in [7, 11) is 0. The summed E-state index contributed by atoms with van der Waals surface area (Å²) < 4.78 is 5.24. The van der Waals surface area contributed by atoms with E-state index in [1.807, 2.05) is 36.4 Å². The predicted octanol–water partition coefficient (Wildman–Crippen LogP) is 3.06. The minimum absolute atomic E-state index is 0.100. The van der Waals surface area contributed by atoms with E-state index in [2.05, 4.69) is 0 Å². The summed E-state index contributed by atoms with van der Waals surface area (Å²) in [4.78, 5) is 1.18. The smallest absolute Gasteiger partial charge is 0.113 e. The standard InChI is InChI=1S/C12H12O2S/c13-8-10-3-5-12(6-4-10)15-9-11-2-1-7-14-11/h1-7,13H,8-9H2. The van der Waals surface area contributed by atoms with E-state index < -0.39 is 0 Å². The monoisotopic (exact) mass is 220 g/mol. The Morgan fingerprint density at radius 1 is 1.13 bits per heavy atom. The van der Waals surface area contributed by atoms with Crippen LogP contribution in [-0.4, -0.2) is 5.11 Å². The van der Waals surface area contributed by atoms with Crippen molar-refractivity contribution in [2.45, 2.75) is 17.3 Å². The first kappa shape index (κ1) is 10.3. The minimum atomic E-state index is 0.100. The maximum Gasteiger partial charge on any atom is 0.113 e. The molecular weight excluding hydrogens is 208 g/mol. The van der Waals surface area contributed by atoms with Crippen LogP contribution < -0.4 is 0 Å². The Balaban J connectivity index is 1.93. The number of thioether (sulfide) groups is 1. The molecule has 15 heavy (non-hydrogen) atoms. The van der Waals surface area contributed by atoms with Crippen molar-refractivity contribution in [3.8, 4) is 0 Å². The van der Waals surface area contributed by atoms with E-state index in [1.54, 1.807) is 18.0 Å². The summed E-state index contributed by atoms with van der Waals surface area (Å²) in [5.41, 5.74) is 0.942. The van der Waals surface area contributed by atoms with E-state index in [0.717, 1.165) is 17.1 Å². The number of rotatable bonds is 4. The Labute approximate surface area is 92.9 Å². The van der Waals surface area contributed by atoms with Gasteiger partial charge in [-0.2, -0.15) is 0 Å². The van der Waals surface area contributed by atoms with E-state index in [9.17, 15) is 0 Å². The molecule has 1 aromatic carbocycles. The number of aliphatic hydroxyl groups excluding tert-OH is 1. The van der Waals surface area contributed by atoms with E-state index >= 15 is 0 Å². The topological polar surface area (TPSA) is 33.4 Å². The lowest BCUT2D eigenvalue weighted by atomic mass is 10.2. The van der Waals surface area contributed by atoms with E-state index in [4.69, 9.17) is 9.52 Å². The van der Waals surface area contributed by atoms with Gasteiger partial charge in [0.2, 0.25) is 0 Å². The first-order valence-corrected chi connectivity index (χ1v) is 5.72. The Bertz CT molecular complexity index is 392. The van der Waals surface area contributed by atoms with E-state index in [-0.39, 0.29) is 6.61 Å². The van der Waals surface area contributed by atoms with Crippen LogP contribution in [0.25, 0.3) is 0 Å². The second kappa shape index (κ2) is 5.05. The van der Waals surface area contributed by atoms with Crippen molar-refractivity contribution in [3.05, 3.63) is 54.0 Å². The zero-order valence-electron chi connectivity index (χ0n) is 8.22. The van der Waals surface area contributed by atoms with Crippen LogP contribution in [0.1, 0.15) is 11.3 Å². The Hall–Kier alpha value is -1.19. The fourth-order valence-electron chi connectivity index (χ4n) is 1.24. The zero-order chi connectivity index (χ0) is 10.5. The molecule has 0 saturated heterocycles. The molecule has 0 aliphatic carbocycles. The summed E-state index contributed by atoms with van der Waals surface area (Å²) in [5, 5.41) is 8.89. The highest BCUT2D eigenvalue weighted by Gasteiger charge is 1.98. The van der Waals surface area contributed by atoms with Gasteiger partial charge in [0.05, 0.1) is 18.6 Å². The molecule has 2 rings (SSSR count). The van der Waals surface area contributed by atoms with E-state index in [0.29, 0.717) is 0 Å². The summed E-state index contributed by atoms with van der Waals surface area (Å²) in [5.74, 6) is 1.82. The second-order valence-corrected chi connectivity index (χ2v) is 4.22. The molecule has 0 unspecified atom stereocenters. The average molecular weight is 220 g/mol. The molecule has 1 aromatic heterocycles. The van der Waals surface area contributed by atoms with Crippen LogP contribution in [0.5, 0.6) is 0 Å². The molecule has 1 heterocycles. The predicted molar refractivity (Wildman–Crippen MR) is 60.6 cm³/mol. The summed E-state index contributed by atoms with van der Waals surface area (Å²) in [6.07, 6.45) is 1.69. The third kappa shape index (κ3) is 2.88. The van der Waals surface area contributed by atoms with Gasteiger partial charge in [0.25, 0.3) is 0 Å². The Kier molecular flexibility index (Phi) is 3.48. The Morgan fingerprint density at radius 3 is 2.53 bits per heavy atom. The molecule has 0 fully saturated rings. The van der Waals surface area contributed by atoms with E-state index in [1.165, 1.54) is 4.90 Å². The van der Waals surface area contributed by atoms with Crippen LogP contribution in [0.3, 0.4) is 0 Å². The lowest BCUT2D eigenvalue weighted by molar-refractivity contribution is 0.282. The van der Waals surface area contributed by atoms with Gasteiger partial charge in [0.15, 0.2) is 0 Å². The van der Waals surface area contributed by atoms with Crippen molar-refractivity contribution in [1.82, 2.24) is 0 Å². The van der Waals surface area contributed by atoms with Gasteiger partial charge < -0.3 is 9.52 Å². The van der Waals surface area contributed by atoms with Crippen LogP contribution >= 0.6 is 11.8 Å². The van der Waals surface area contributed by atoms with Gasteiger partial charge in [-0.1, -0.05) is 12.1 Å². The number of aliphatic hydroxyl groups is 1. The van der Waals surface area contributed by atoms with Crippen LogP contribution in [0.15, 0.2) is 52.0 Å². The molecule has 0 spiro atoms. The van der Waals surface area contributed by atoms with Gasteiger partial charge in [-0.3, -0.25) is 0 Å². The quantitative estimate of drug-likeness (QED) is 0.804. The van der Waals surface area contributed by atoms with Crippen molar-refractivity contribution in [1.29, 1.82) is 0 Å². The van der Waals surface area contributed by atoms with Crippen LogP contribution in [0.2, 0.25) is 0 Å². The maximum absolute atomic E-state index is 8.89. The molecule has 1 N–H and O–H groups in total. The van der Waals surface area contributed by atoms with Crippen LogP contribution in [0.4, 0.5) is 0 Å². The van der Waals surface area contributed by atoms with Crippen molar-refractivity contribution < 1.29 is 9.52 Å². The number of benzene rings is 1. The second-order valence-electron chi connectivity index (χ2n) is 3.17. The van der Waals surface area contributed by atoms with Crippen LogP contribution in [0, 0.1) is 0 Å².